The van der Waals surface area contributed by atoms with E-state index in [-0.39, 0.29) is 19.0 Å². The van der Waals surface area contributed by atoms with Crippen LogP contribution in [0.15, 0.2) is 12.7 Å². The van der Waals surface area contributed by atoms with Gasteiger partial charge < -0.3 is 19.8 Å². The fourth-order valence-electron chi connectivity index (χ4n) is 3.89. The summed E-state index contributed by atoms with van der Waals surface area (Å²) in [5, 5.41) is 9.94. The van der Waals surface area contributed by atoms with Gasteiger partial charge in [-0.1, -0.05) is 6.08 Å². The quantitative estimate of drug-likeness (QED) is 0.774. The van der Waals surface area contributed by atoms with Gasteiger partial charge in [0.2, 0.25) is 11.9 Å². The predicted octanol–water partition coefficient (Wildman–Crippen LogP) is 0.695. The highest BCUT2D eigenvalue weighted by Crippen LogP contribution is 2.45. The lowest BCUT2D eigenvalue weighted by Crippen LogP contribution is -2.41. The highest BCUT2D eigenvalue weighted by molar-refractivity contribution is 5.93. The Hall–Kier alpha value is -2.64. The molecule has 0 radical (unpaired) electrons. The summed E-state index contributed by atoms with van der Waals surface area (Å²) in [6.45, 7) is 8.69. The number of aliphatic carboxylic acids is 1. The van der Waals surface area contributed by atoms with Gasteiger partial charge in [-0.25, -0.2) is 4.98 Å². The molecule has 26 heavy (non-hydrogen) atoms. The fourth-order valence-corrected chi connectivity index (χ4v) is 3.89. The second kappa shape index (κ2) is 6.26. The lowest BCUT2D eigenvalue weighted by Gasteiger charge is -2.27. The summed E-state index contributed by atoms with van der Waals surface area (Å²) in [5.41, 5.74) is 0.648. The standard InChI is InChI=1S/C18H25N5O3/c1-6-7-22-9-18(16(25)26)10-23(8-13(18)15(22)24)14-11(2)12(3)19-17(20-14)21(4)5/h6,13H,1,7-10H2,2-5H3,(H,25,26)/t13-,18+/m0/s1. The van der Waals surface area contributed by atoms with Crippen molar-refractivity contribution >= 4 is 23.6 Å². The van der Waals surface area contributed by atoms with Gasteiger partial charge in [0.05, 0.1) is 5.92 Å². The smallest absolute Gasteiger partial charge is 0.314 e. The van der Waals surface area contributed by atoms with Crippen LogP contribution in [0.1, 0.15) is 11.3 Å². The van der Waals surface area contributed by atoms with Crippen LogP contribution in [0, 0.1) is 25.2 Å². The Morgan fingerprint density at radius 2 is 2.08 bits per heavy atom. The Balaban J connectivity index is 1.99. The maximum absolute atomic E-state index is 12.7. The average Bonchev–Trinajstić information content (AvgIpc) is 3.07. The number of rotatable bonds is 5. The van der Waals surface area contributed by atoms with Crippen LogP contribution < -0.4 is 9.80 Å². The predicted molar refractivity (Wildman–Crippen MR) is 98.4 cm³/mol. The van der Waals surface area contributed by atoms with E-state index >= 15 is 0 Å². The molecular formula is C18H25N5O3. The Morgan fingerprint density at radius 3 is 2.62 bits per heavy atom. The maximum atomic E-state index is 12.7. The second-order valence-electron chi connectivity index (χ2n) is 7.35. The summed E-state index contributed by atoms with van der Waals surface area (Å²) in [4.78, 5) is 39.3. The number of aromatic nitrogens is 2. The molecule has 2 aliphatic rings. The Bertz CT molecular complexity index is 778. The largest absolute Gasteiger partial charge is 0.481 e. The van der Waals surface area contributed by atoms with Crippen molar-refractivity contribution in [3.63, 3.8) is 0 Å². The molecule has 2 atom stereocenters. The molecule has 0 aliphatic carbocycles. The van der Waals surface area contributed by atoms with Gasteiger partial charge >= 0.3 is 5.97 Å². The number of carboxylic acid groups (broad SMARTS) is 1. The summed E-state index contributed by atoms with van der Waals surface area (Å²) in [6.07, 6.45) is 1.63. The van der Waals surface area contributed by atoms with Crippen LogP contribution in [0.5, 0.6) is 0 Å². The topological polar surface area (TPSA) is 89.9 Å². The molecule has 0 bridgehead atoms. The molecule has 2 fully saturated rings. The van der Waals surface area contributed by atoms with Crippen LogP contribution in [-0.4, -0.2) is 72.1 Å². The second-order valence-corrected chi connectivity index (χ2v) is 7.35. The Morgan fingerprint density at radius 1 is 1.38 bits per heavy atom. The average molecular weight is 359 g/mol. The summed E-state index contributed by atoms with van der Waals surface area (Å²) >= 11 is 0. The molecule has 0 saturated carbocycles. The first-order valence-electron chi connectivity index (χ1n) is 8.62. The van der Waals surface area contributed by atoms with Gasteiger partial charge in [0.1, 0.15) is 11.2 Å². The molecule has 1 amide bonds. The van der Waals surface area contributed by atoms with E-state index in [1.165, 1.54) is 0 Å². The first-order valence-corrected chi connectivity index (χ1v) is 8.62. The normalized spacial score (nSPS) is 24.8. The van der Waals surface area contributed by atoms with Crippen LogP contribution >= 0.6 is 0 Å². The third kappa shape index (κ3) is 2.60. The number of hydrogen-bond donors (Lipinski definition) is 1. The molecule has 0 aromatic carbocycles. The first-order chi connectivity index (χ1) is 12.2. The SMILES string of the molecule is C=CCN1C[C@@]2(C(=O)O)CN(c3nc(N(C)C)nc(C)c3C)C[C@H]2C1=O. The highest BCUT2D eigenvalue weighted by Gasteiger charge is 2.62. The summed E-state index contributed by atoms with van der Waals surface area (Å²) < 4.78 is 0. The molecular weight excluding hydrogens is 334 g/mol. The minimum absolute atomic E-state index is 0.119. The zero-order chi connectivity index (χ0) is 19.2. The maximum Gasteiger partial charge on any atom is 0.314 e. The van der Waals surface area contributed by atoms with Crippen LogP contribution in [0.2, 0.25) is 0 Å². The number of likely N-dealkylation sites (tertiary alicyclic amines) is 1. The molecule has 1 N–H and O–H groups in total. The van der Waals surface area contributed by atoms with E-state index in [2.05, 4.69) is 16.5 Å². The van der Waals surface area contributed by atoms with Gasteiger partial charge in [0, 0.05) is 51.5 Å². The fraction of sp³-hybridized carbons (Fsp3) is 0.556. The van der Waals surface area contributed by atoms with Gasteiger partial charge in [0.15, 0.2) is 0 Å². The van der Waals surface area contributed by atoms with Gasteiger partial charge in [0.25, 0.3) is 0 Å². The van der Waals surface area contributed by atoms with E-state index in [9.17, 15) is 14.7 Å². The van der Waals surface area contributed by atoms with Crippen molar-refractivity contribution in [1.29, 1.82) is 0 Å². The van der Waals surface area contributed by atoms with Crippen molar-refractivity contribution in [3.05, 3.63) is 23.9 Å². The number of carbonyl (C=O) groups is 2. The molecule has 2 aliphatic heterocycles. The van der Waals surface area contributed by atoms with Gasteiger partial charge in [-0.2, -0.15) is 4.98 Å². The number of aryl methyl sites for hydroxylation is 1. The Kier molecular flexibility index (Phi) is 4.37. The molecule has 0 unspecified atom stereocenters. The number of anilines is 2. The number of carbonyl (C=O) groups excluding carboxylic acids is 1. The van der Waals surface area contributed by atoms with Crippen molar-refractivity contribution in [2.45, 2.75) is 13.8 Å². The van der Waals surface area contributed by atoms with Crippen molar-refractivity contribution in [3.8, 4) is 0 Å². The lowest BCUT2D eigenvalue weighted by molar-refractivity contribution is -0.149. The minimum Gasteiger partial charge on any atom is -0.481 e. The Labute approximate surface area is 153 Å². The van der Waals surface area contributed by atoms with E-state index < -0.39 is 17.3 Å². The summed E-state index contributed by atoms with van der Waals surface area (Å²) in [5.74, 6) is -0.340. The third-order valence-corrected chi connectivity index (χ3v) is 5.45. The number of amides is 1. The number of nitrogens with zero attached hydrogens (tertiary/aromatic N) is 5. The van der Waals surface area contributed by atoms with Crippen LogP contribution in [0.4, 0.5) is 11.8 Å². The molecule has 8 nitrogen and oxygen atoms in total. The van der Waals surface area contributed by atoms with Crippen molar-refractivity contribution in [1.82, 2.24) is 14.9 Å². The van der Waals surface area contributed by atoms with Gasteiger partial charge in [-0.05, 0) is 13.8 Å². The lowest BCUT2D eigenvalue weighted by atomic mass is 9.81. The van der Waals surface area contributed by atoms with E-state index in [4.69, 9.17) is 0 Å². The molecule has 3 rings (SSSR count). The van der Waals surface area contributed by atoms with Crippen molar-refractivity contribution in [2.75, 3.05) is 50.1 Å². The zero-order valence-corrected chi connectivity index (χ0v) is 15.7. The van der Waals surface area contributed by atoms with E-state index in [0.717, 1.165) is 11.3 Å². The molecule has 0 spiro atoms. The van der Waals surface area contributed by atoms with Gasteiger partial charge in [-0.15, -0.1) is 6.58 Å². The highest BCUT2D eigenvalue weighted by atomic mass is 16.4. The molecule has 2 saturated heterocycles. The number of hydrogen-bond acceptors (Lipinski definition) is 6. The van der Waals surface area contributed by atoms with Crippen molar-refractivity contribution in [2.24, 2.45) is 11.3 Å². The first kappa shape index (κ1) is 18.2. The van der Waals surface area contributed by atoms with Gasteiger partial charge in [-0.3, -0.25) is 9.59 Å². The van der Waals surface area contributed by atoms with Crippen LogP contribution in [0.3, 0.4) is 0 Å². The molecule has 1 aromatic rings. The van der Waals surface area contributed by atoms with E-state index in [0.29, 0.717) is 24.9 Å². The molecule has 8 heteroatoms. The van der Waals surface area contributed by atoms with E-state index in [1.54, 1.807) is 11.0 Å². The molecule has 1 aromatic heterocycles. The third-order valence-electron chi connectivity index (χ3n) is 5.45. The zero-order valence-electron chi connectivity index (χ0n) is 15.7. The van der Waals surface area contributed by atoms with Crippen molar-refractivity contribution < 1.29 is 14.7 Å². The minimum atomic E-state index is -1.11. The summed E-state index contributed by atoms with van der Waals surface area (Å²) in [6, 6.07) is 0. The summed E-state index contributed by atoms with van der Waals surface area (Å²) in [7, 11) is 3.73. The number of carboxylic acids is 1. The van der Waals surface area contributed by atoms with Crippen LogP contribution in [-0.2, 0) is 9.59 Å². The van der Waals surface area contributed by atoms with E-state index in [1.807, 2.05) is 37.7 Å². The molecule has 140 valence electrons. The monoisotopic (exact) mass is 359 g/mol. The van der Waals surface area contributed by atoms with Crippen LogP contribution in [0.25, 0.3) is 0 Å². The number of fused-ring (bicyclic) bond motifs is 1. The molecule has 3 heterocycles.